The number of hydrogen-bond donors (Lipinski definition) is 2. The summed E-state index contributed by atoms with van der Waals surface area (Å²) in [6.45, 7) is 0. The minimum absolute atomic E-state index is 0.296. The number of benzene rings is 2. The summed E-state index contributed by atoms with van der Waals surface area (Å²) in [7, 11) is 19.9. The molecule has 2 nitrogen and oxygen atoms in total. The molecule has 0 heterocycles. The maximum Gasteiger partial charge on any atom is 0.115 e. The van der Waals surface area contributed by atoms with E-state index < -0.39 is 0 Å². The van der Waals surface area contributed by atoms with Crippen LogP contribution >= 0.6 is 0 Å². The van der Waals surface area contributed by atoms with Crippen LogP contribution in [0.1, 0.15) is 17.5 Å². The topological polar surface area (TPSA) is 40.5 Å². The molecule has 0 amide bonds. The highest BCUT2D eigenvalue weighted by molar-refractivity contribution is 7.69. The number of hydrogen-bond acceptors (Lipinski definition) is 2. The number of phenolic OH excluding ortho intramolecular Hbond substituents is 1. The fraction of sp³-hybridized carbons (Fsp3) is 0.294. The summed E-state index contributed by atoms with van der Waals surface area (Å²) in [4.78, 5) is 0. The fourth-order valence-electron chi connectivity index (χ4n) is 2.71. The lowest BCUT2D eigenvalue weighted by atomic mass is 8.88. The van der Waals surface area contributed by atoms with Gasteiger partial charge in [0, 0.05) is 62.6 Å². The fourth-order valence-corrected chi connectivity index (χ4v) is 2.71. The normalized spacial score (nSPS) is 10.8. The van der Waals surface area contributed by atoms with Gasteiger partial charge in [-0.1, -0.05) is 60.7 Å². The van der Waals surface area contributed by atoms with Crippen LogP contribution in [0.25, 0.3) is 0 Å². The first-order chi connectivity index (χ1) is 14.2. The molecule has 1 atom stereocenters. The summed E-state index contributed by atoms with van der Waals surface area (Å²) < 4.78 is 0. The first kappa shape index (κ1) is 24.1. The largest absolute Gasteiger partial charge is 0.508 e. The highest BCUT2D eigenvalue weighted by atomic mass is 16.3. The summed E-state index contributed by atoms with van der Waals surface area (Å²) in [5.74, 6) is 0.296. The predicted octanol–water partition coefficient (Wildman–Crippen LogP) is -0.419. The average Bonchev–Trinajstić information content (AvgIpc) is 2.75. The van der Waals surface area contributed by atoms with E-state index in [1.165, 1.54) is 11.1 Å². The first-order valence-corrected chi connectivity index (χ1v) is 10.1. The predicted molar refractivity (Wildman–Crippen MR) is 135 cm³/mol. The summed E-state index contributed by atoms with van der Waals surface area (Å²) in [6, 6.07) is 17.5. The van der Waals surface area contributed by atoms with Crippen LogP contribution in [0.5, 0.6) is 5.75 Å². The molecule has 0 aliphatic heterocycles. The van der Waals surface area contributed by atoms with E-state index in [1.807, 2.05) is 94.0 Å². The third-order valence-corrected chi connectivity index (χ3v) is 4.36. The van der Waals surface area contributed by atoms with Gasteiger partial charge in [-0.3, -0.25) is 0 Å². The van der Waals surface area contributed by atoms with Crippen molar-refractivity contribution in [1.29, 1.82) is 0 Å². The van der Waals surface area contributed by atoms with Crippen LogP contribution in [-0.2, 0) is 12.7 Å². The van der Waals surface area contributed by atoms with Crippen LogP contribution in [0.3, 0.4) is 0 Å². The van der Waals surface area contributed by atoms with E-state index in [1.54, 1.807) is 12.1 Å². The number of aromatic hydroxyl groups is 1. The standard InChI is InChI=1S/C17H20B10O2/c28-16-9-7-15(8-10-16)12-18-20-22-24-26-27-25-23-21-19-13-17(29)11-6-14-4-2-1-3-5-14/h1-5,7-10,17,28-29H,6,11-13H2. The van der Waals surface area contributed by atoms with Crippen molar-refractivity contribution in [3.63, 3.8) is 0 Å². The SMILES string of the molecule is Oc1ccc(C[B][B][B][B][B][B][B][B][B][B]CC(O)CCc2ccccc2)cc1. The van der Waals surface area contributed by atoms with Gasteiger partial charge < -0.3 is 10.2 Å². The minimum atomic E-state index is -0.299. The third kappa shape index (κ3) is 12.2. The number of aliphatic hydroxyl groups excluding tert-OH is 1. The Kier molecular flexibility index (Phi) is 13.0. The van der Waals surface area contributed by atoms with E-state index in [0.717, 1.165) is 19.2 Å². The van der Waals surface area contributed by atoms with E-state index in [4.69, 9.17) is 0 Å². The quantitative estimate of drug-likeness (QED) is 0.314. The van der Waals surface area contributed by atoms with Gasteiger partial charge in [0.05, 0.1) is 14.3 Å². The maximum atomic E-state index is 10.0. The van der Waals surface area contributed by atoms with Gasteiger partial charge in [-0.25, -0.2) is 0 Å². The van der Waals surface area contributed by atoms with Gasteiger partial charge in [0.2, 0.25) is 0 Å². The minimum Gasteiger partial charge on any atom is -0.508 e. The lowest BCUT2D eigenvalue weighted by Gasteiger charge is -2.09. The molecule has 2 N–H and O–H groups in total. The van der Waals surface area contributed by atoms with Crippen LogP contribution in [0.15, 0.2) is 54.6 Å². The zero-order valence-electron chi connectivity index (χ0n) is 16.8. The van der Waals surface area contributed by atoms with Crippen molar-refractivity contribution >= 4 is 70.8 Å². The van der Waals surface area contributed by atoms with Gasteiger partial charge in [0.1, 0.15) is 5.75 Å². The molecule has 0 bridgehead atoms. The number of rotatable bonds is 16. The van der Waals surface area contributed by atoms with Crippen LogP contribution in [-0.4, -0.2) is 87.1 Å². The summed E-state index contributed by atoms with van der Waals surface area (Å²) in [5.41, 5.74) is 2.44. The molecule has 0 saturated carbocycles. The molecule has 0 aromatic heterocycles. The van der Waals surface area contributed by atoms with Crippen molar-refractivity contribution in [2.24, 2.45) is 0 Å². The number of phenols is 1. The van der Waals surface area contributed by atoms with Gasteiger partial charge in [-0.15, -0.1) is 0 Å². The van der Waals surface area contributed by atoms with E-state index in [9.17, 15) is 10.2 Å². The Labute approximate surface area is 184 Å². The van der Waals surface area contributed by atoms with Crippen molar-refractivity contribution in [3.05, 3.63) is 65.7 Å². The Bertz CT molecular complexity index is 646. The monoisotopic (exact) mass is 366 g/mol. The van der Waals surface area contributed by atoms with Crippen LogP contribution in [0.2, 0.25) is 6.32 Å². The van der Waals surface area contributed by atoms with E-state index in [0.29, 0.717) is 12.1 Å². The molecule has 0 aliphatic rings. The van der Waals surface area contributed by atoms with Gasteiger partial charge in [0.25, 0.3) is 0 Å². The lowest BCUT2D eigenvalue weighted by Crippen LogP contribution is -2.33. The molecule has 0 spiro atoms. The lowest BCUT2D eigenvalue weighted by molar-refractivity contribution is 0.185. The molecule has 29 heavy (non-hydrogen) atoms. The molecule has 0 fully saturated rings. The summed E-state index contributed by atoms with van der Waals surface area (Å²) in [6.07, 6.45) is 2.91. The molecule has 0 saturated heterocycles. The summed E-state index contributed by atoms with van der Waals surface area (Å²) in [5, 5.41) is 19.3. The van der Waals surface area contributed by atoms with Crippen molar-refractivity contribution in [1.82, 2.24) is 0 Å². The van der Waals surface area contributed by atoms with Gasteiger partial charge in [-0.2, -0.15) is 0 Å². The Balaban J connectivity index is 1.32. The van der Waals surface area contributed by atoms with E-state index in [-0.39, 0.29) is 6.10 Å². The highest BCUT2D eigenvalue weighted by Gasteiger charge is 2.06. The Morgan fingerprint density at radius 3 is 1.90 bits per heavy atom. The molecule has 12 heteroatoms. The Hall–Kier alpha value is -1.15. The average molecular weight is 364 g/mol. The number of aryl methyl sites for hydroxylation is 1. The van der Waals surface area contributed by atoms with Gasteiger partial charge >= 0.3 is 0 Å². The molecule has 2 aromatic rings. The maximum absolute atomic E-state index is 10.0. The second-order valence-electron chi connectivity index (χ2n) is 6.80. The third-order valence-electron chi connectivity index (χ3n) is 4.36. The van der Waals surface area contributed by atoms with Crippen LogP contribution in [0, 0.1) is 0 Å². The van der Waals surface area contributed by atoms with Crippen LogP contribution < -0.4 is 0 Å². The highest BCUT2D eigenvalue weighted by Crippen LogP contribution is 2.09. The van der Waals surface area contributed by atoms with Crippen molar-refractivity contribution < 1.29 is 10.2 Å². The van der Waals surface area contributed by atoms with Crippen molar-refractivity contribution in [3.8, 4) is 5.75 Å². The Morgan fingerprint density at radius 2 is 1.24 bits per heavy atom. The Morgan fingerprint density at radius 1 is 0.655 bits per heavy atom. The zero-order valence-corrected chi connectivity index (χ0v) is 16.8. The molecule has 2 aromatic carbocycles. The van der Waals surface area contributed by atoms with Crippen LogP contribution in [0.4, 0.5) is 0 Å². The molecular weight excluding hydrogens is 344 g/mol. The molecule has 10 radical (unpaired) electrons. The molecule has 0 aliphatic carbocycles. The molecule has 2 rings (SSSR count). The second-order valence-corrected chi connectivity index (χ2v) is 6.80. The second kappa shape index (κ2) is 15.7. The van der Waals surface area contributed by atoms with E-state index in [2.05, 4.69) is 19.3 Å². The van der Waals surface area contributed by atoms with Gasteiger partial charge in [0.15, 0.2) is 0 Å². The first-order valence-electron chi connectivity index (χ1n) is 10.1. The smallest absolute Gasteiger partial charge is 0.115 e. The molecule has 130 valence electrons. The number of aliphatic hydroxyl groups is 1. The van der Waals surface area contributed by atoms with Crippen molar-refractivity contribution in [2.45, 2.75) is 31.6 Å². The molecular formula is C17H20B10O2. The molecule has 1 unspecified atom stereocenters. The zero-order chi connectivity index (χ0) is 20.6. The summed E-state index contributed by atoms with van der Waals surface area (Å²) >= 11 is 0. The van der Waals surface area contributed by atoms with Gasteiger partial charge in [-0.05, 0) is 30.5 Å². The van der Waals surface area contributed by atoms with Crippen molar-refractivity contribution in [2.75, 3.05) is 0 Å². The van der Waals surface area contributed by atoms with E-state index >= 15 is 0 Å².